The lowest BCUT2D eigenvalue weighted by atomic mass is 10.1. The number of nitro benzene ring substituents is 1. The van der Waals surface area contributed by atoms with Crippen LogP contribution in [0.2, 0.25) is 0 Å². The van der Waals surface area contributed by atoms with Crippen LogP contribution in [-0.4, -0.2) is 21.0 Å². The summed E-state index contributed by atoms with van der Waals surface area (Å²) in [5.41, 5.74) is 0.312. The molecule has 1 heterocycles. The third-order valence-corrected chi connectivity index (χ3v) is 3.85. The fourth-order valence-corrected chi connectivity index (χ4v) is 2.37. The van der Waals surface area contributed by atoms with Crippen molar-refractivity contribution in [2.75, 3.05) is 5.32 Å². The Balaban J connectivity index is 2.07. The van der Waals surface area contributed by atoms with Gasteiger partial charge in [0.15, 0.2) is 0 Å². The van der Waals surface area contributed by atoms with Crippen LogP contribution in [0, 0.1) is 10.1 Å². The lowest BCUT2D eigenvalue weighted by Gasteiger charge is -1.97. The molecule has 0 aliphatic heterocycles. The van der Waals surface area contributed by atoms with Gasteiger partial charge in [-0.2, -0.15) is 0 Å². The van der Waals surface area contributed by atoms with Crippen molar-refractivity contribution in [3.05, 3.63) is 51.0 Å². The first-order valence-corrected chi connectivity index (χ1v) is 7.35. The Morgan fingerprint density at radius 1 is 1.36 bits per heavy atom. The monoisotopic (exact) mass is 318 g/mol. The van der Waals surface area contributed by atoms with Gasteiger partial charge < -0.3 is 0 Å². The van der Waals surface area contributed by atoms with E-state index in [4.69, 9.17) is 0 Å². The molecular weight excluding hydrogens is 304 g/mol. The molecule has 1 N–H and O–H groups in total. The molecule has 0 fully saturated rings. The Labute approximate surface area is 130 Å². The number of amides is 1. The van der Waals surface area contributed by atoms with Crippen molar-refractivity contribution in [3.63, 3.8) is 0 Å². The quantitative estimate of drug-likeness (QED) is 0.518. The number of carbonyl (C=O) groups is 1. The van der Waals surface area contributed by atoms with Crippen LogP contribution in [0.3, 0.4) is 0 Å². The minimum atomic E-state index is -0.489. The zero-order chi connectivity index (χ0) is 16.1. The van der Waals surface area contributed by atoms with Crippen molar-refractivity contribution in [1.29, 1.82) is 0 Å². The van der Waals surface area contributed by atoms with Crippen LogP contribution < -0.4 is 5.32 Å². The van der Waals surface area contributed by atoms with Gasteiger partial charge in [-0.1, -0.05) is 37.3 Å². The Morgan fingerprint density at radius 2 is 2.09 bits per heavy atom. The van der Waals surface area contributed by atoms with E-state index in [0.717, 1.165) is 5.01 Å². The summed E-state index contributed by atoms with van der Waals surface area (Å²) in [6.45, 7) is 3.97. The topological polar surface area (TPSA) is 98.0 Å². The normalized spacial score (nSPS) is 11.0. The molecule has 2 rings (SSSR count). The van der Waals surface area contributed by atoms with E-state index in [1.165, 1.54) is 29.6 Å². The number of nitrogens with one attached hydrogen (secondary N) is 1. The molecule has 2 aromatic rings. The minimum absolute atomic E-state index is 0.0513. The van der Waals surface area contributed by atoms with E-state index in [2.05, 4.69) is 15.5 Å². The first-order valence-electron chi connectivity index (χ1n) is 6.53. The largest absolute Gasteiger partial charge is 0.297 e. The van der Waals surface area contributed by atoms with Crippen LogP contribution in [0.1, 0.15) is 30.3 Å². The van der Waals surface area contributed by atoms with Crippen LogP contribution in [-0.2, 0) is 4.79 Å². The number of para-hydroxylation sites is 1. The number of carbonyl (C=O) groups excluding carboxylic acids is 1. The summed E-state index contributed by atoms with van der Waals surface area (Å²) in [4.78, 5) is 22.2. The molecule has 0 aliphatic rings. The Bertz CT molecular complexity index is 724. The molecule has 0 bridgehead atoms. The average molecular weight is 318 g/mol. The van der Waals surface area contributed by atoms with Crippen molar-refractivity contribution in [3.8, 4) is 0 Å². The third kappa shape index (κ3) is 3.95. The number of anilines is 1. The number of hydrogen-bond acceptors (Lipinski definition) is 6. The first kappa shape index (κ1) is 15.8. The Morgan fingerprint density at radius 3 is 2.73 bits per heavy atom. The van der Waals surface area contributed by atoms with E-state index in [0.29, 0.717) is 10.7 Å². The fourth-order valence-electron chi connectivity index (χ4n) is 1.63. The van der Waals surface area contributed by atoms with Gasteiger partial charge in [0.2, 0.25) is 11.0 Å². The molecule has 1 aromatic heterocycles. The maximum atomic E-state index is 11.8. The van der Waals surface area contributed by atoms with E-state index in [9.17, 15) is 14.9 Å². The summed E-state index contributed by atoms with van der Waals surface area (Å²) in [5.74, 6) is -0.171. The maximum absolute atomic E-state index is 11.8. The predicted molar refractivity (Wildman–Crippen MR) is 84.8 cm³/mol. The van der Waals surface area contributed by atoms with Crippen LogP contribution in [0.5, 0.6) is 0 Å². The van der Waals surface area contributed by atoms with Crippen LogP contribution in [0.4, 0.5) is 10.8 Å². The summed E-state index contributed by atoms with van der Waals surface area (Å²) >= 11 is 1.30. The van der Waals surface area contributed by atoms with Crippen molar-refractivity contribution in [1.82, 2.24) is 10.2 Å². The smallest absolute Gasteiger partial charge is 0.276 e. The molecule has 0 unspecified atom stereocenters. The molecule has 8 heteroatoms. The average Bonchev–Trinajstić information content (AvgIpc) is 2.94. The van der Waals surface area contributed by atoms with Crippen molar-refractivity contribution >= 4 is 34.1 Å². The van der Waals surface area contributed by atoms with E-state index < -0.39 is 10.8 Å². The highest BCUT2D eigenvalue weighted by molar-refractivity contribution is 7.15. The lowest BCUT2D eigenvalue weighted by molar-refractivity contribution is -0.385. The Kier molecular flexibility index (Phi) is 4.95. The first-order chi connectivity index (χ1) is 10.5. The van der Waals surface area contributed by atoms with Crippen LogP contribution >= 0.6 is 11.3 Å². The highest BCUT2D eigenvalue weighted by atomic mass is 32.1. The van der Waals surface area contributed by atoms with E-state index in [1.54, 1.807) is 18.2 Å². The summed E-state index contributed by atoms with van der Waals surface area (Å²) < 4.78 is 0. The Hall–Kier alpha value is -2.61. The minimum Gasteiger partial charge on any atom is -0.297 e. The van der Waals surface area contributed by atoms with Crippen LogP contribution in [0.25, 0.3) is 6.08 Å². The molecule has 0 saturated carbocycles. The molecule has 0 spiro atoms. The molecule has 1 amide bonds. The highest BCUT2D eigenvalue weighted by Gasteiger charge is 2.11. The summed E-state index contributed by atoms with van der Waals surface area (Å²) in [7, 11) is 0. The third-order valence-electron chi connectivity index (χ3n) is 2.71. The van der Waals surface area contributed by atoms with E-state index in [-0.39, 0.29) is 11.6 Å². The summed E-state index contributed by atoms with van der Waals surface area (Å²) in [6.07, 6.45) is 2.64. The van der Waals surface area contributed by atoms with Crippen molar-refractivity contribution in [2.24, 2.45) is 0 Å². The van der Waals surface area contributed by atoms with Gasteiger partial charge in [-0.25, -0.2) is 0 Å². The van der Waals surface area contributed by atoms with Gasteiger partial charge in [-0.3, -0.25) is 20.2 Å². The molecule has 0 atom stereocenters. The molecule has 0 radical (unpaired) electrons. The fraction of sp³-hybridized carbons (Fsp3) is 0.214. The van der Waals surface area contributed by atoms with E-state index >= 15 is 0 Å². The summed E-state index contributed by atoms with van der Waals surface area (Å²) in [6, 6.07) is 6.20. The van der Waals surface area contributed by atoms with Gasteiger partial charge in [0.1, 0.15) is 5.01 Å². The van der Waals surface area contributed by atoms with Gasteiger partial charge >= 0.3 is 0 Å². The summed E-state index contributed by atoms with van der Waals surface area (Å²) in [5, 5.41) is 22.5. The standard InChI is InChI=1S/C14H14N4O3S/c1-9(2)13-16-17-14(22-13)15-12(19)8-7-10-5-3-4-6-11(10)18(20)21/h3-9H,1-2H3,(H,15,17,19). The van der Waals surface area contributed by atoms with Gasteiger partial charge in [0, 0.05) is 18.1 Å². The van der Waals surface area contributed by atoms with Gasteiger partial charge in [0.25, 0.3) is 5.69 Å². The molecule has 0 saturated heterocycles. The van der Waals surface area contributed by atoms with Crippen LogP contribution in [0.15, 0.2) is 30.3 Å². The van der Waals surface area contributed by atoms with Crippen molar-refractivity contribution in [2.45, 2.75) is 19.8 Å². The number of nitrogens with zero attached hydrogens (tertiary/aromatic N) is 3. The second-order valence-corrected chi connectivity index (χ2v) is 5.75. The number of aromatic nitrogens is 2. The number of benzene rings is 1. The number of hydrogen-bond donors (Lipinski definition) is 1. The second kappa shape index (κ2) is 6.90. The maximum Gasteiger partial charge on any atom is 0.276 e. The zero-order valence-electron chi connectivity index (χ0n) is 12.0. The lowest BCUT2D eigenvalue weighted by Crippen LogP contribution is -2.07. The SMILES string of the molecule is CC(C)c1nnc(NC(=O)C=Cc2ccccc2[N+](=O)[O-])s1. The van der Waals surface area contributed by atoms with E-state index in [1.807, 2.05) is 13.8 Å². The highest BCUT2D eigenvalue weighted by Crippen LogP contribution is 2.22. The predicted octanol–water partition coefficient (Wildman–Crippen LogP) is 3.22. The number of rotatable bonds is 5. The van der Waals surface area contributed by atoms with Gasteiger partial charge in [0.05, 0.1) is 10.5 Å². The number of nitro groups is 1. The molecule has 0 aliphatic carbocycles. The van der Waals surface area contributed by atoms with Gasteiger partial charge in [-0.05, 0) is 12.1 Å². The zero-order valence-corrected chi connectivity index (χ0v) is 12.8. The molecule has 1 aromatic carbocycles. The molecule has 114 valence electrons. The molecule has 7 nitrogen and oxygen atoms in total. The van der Waals surface area contributed by atoms with Gasteiger partial charge in [-0.15, -0.1) is 10.2 Å². The molecular formula is C14H14N4O3S. The molecule has 22 heavy (non-hydrogen) atoms. The van der Waals surface area contributed by atoms with Crippen molar-refractivity contribution < 1.29 is 9.72 Å². The second-order valence-electron chi connectivity index (χ2n) is 4.74.